The highest BCUT2D eigenvalue weighted by Crippen LogP contribution is 2.34. The molecule has 2 bridgehead atoms. The molecule has 3 aromatic heterocycles. The average Bonchev–Trinajstić information content (AvgIpc) is 3.11. The summed E-state index contributed by atoms with van der Waals surface area (Å²) in [5.41, 5.74) is 2.56. The molecule has 8 nitrogen and oxygen atoms in total. The molecule has 0 saturated carbocycles. The van der Waals surface area contributed by atoms with Crippen molar-refractivity contribution >= 4 is 34.3 Å². The van der Waals surface area contributed by atoms with Crippen LogP contribution in [0.5, 0.6) is 5.88 Å². The zero-order chi connectivity index (χ0) is 18.3. The van der Waals surface area contributed by atoms with Crippen molar-refractivity contribution in [1.29, 1.82) is 0 Å². The van der Waals surface area contributed by atoms with E-state index in [1.165, 1.54) is 0 Å². The third-order valence-corrected chi connectivity index (χ3v) is 5.12. The van der Waals surface area contributed by atoms with Crippen LogP contribution in [0.2, 0.25) is 5.15 Å². The topological polar surface area (TPSA) is 82.7 Å². The maximum absolute atomic E-state index is 6.20. The summed E-state index contributed by atoms with van der Waals surface area (Å²) < 4.78 is 9.82. The molecule has 0 amide bonds. The van der Waals surface area contributed by atoms with E-state index in [4.69, 9.17) is 21.4 Å². The van der Waals surface area contributed by atoms with Crippen molar-refractivity contribution in [2.75, 3.05) is 11.9 Å². The summed E-state index contributed by atoms with van der Waals surface area (Å²) in [7, 11) is 0. The van der Waals surface area contributed by atoms with E-state index in [9.17, 15) is 0 Å². The summed E-state index contributed by atoms with van der Waals surface area (Å²) in [6, 6.07) is 0.337. The van der Waals surface area contributed by atoms with Crippen LogP contribution in [0.3, 0.4) is 0 Å². The Morgan fingerprint density at radius 3 is 2.88 bits per heavy atom. The third-order valence-electron chi connectivity index (χ3n) is 4.84. The Bertz CT molecular complexity index is 944. The number of hydrogen-bond acceptors (Lipinski definition) is 6. The van der Waals surface area contributed by atoms with Gasteiger partial charge in [-0.3, -0.25) is 4.68 Å². The molecule has 1 N–H and O–H groups in total. The van der Waals surface area contributed by atoms with Crippen molar-refractivity contribution in [3.8, 4) is 5.88 Å². The second-order valence-corrected chi connectivity index (χ2v) is 6.81. The normalized spacial score (nSPS) is 14.2. The lowest BCUT2D eigenvalue weighted by molar-refractivity contribution is 0.282. The summed E-state index contributed by atoms with van der Waals surface area (Å²) in [5.74, 6) is 1.07. The zero-order valence-corrected chi connectivity index (χ0v) is 15.9. The highest BCUT2D eigenvalue weighted by atomic mass is 35.5. The van der Waals surface area contributed by atoms with Crippen molar-refractivity contribution < 1.29 is 4.74 Å². The highest BCUT2D eigenvalue weighted by molar-refractivity contribution is 6.34. The van der Waals surface area contributed by atoms with Gasteiger partial charge in [-0.1, -0.05) is 25.4 Å². The predicted octanol–water partition coefficient (Wildman–Crippen LogP) is 3.87. The van der Waals surface area contributed by atoms with Crippen molar-refractivity contribution in [2.24, 2.45) is 0 Å². The fraction of sp³-hybridized carbons (Fsp3) is 0.529. The summed E-state index contributed by atoms with van der Waals surface area (Å²) in [4.78, 5) is 9.00. The summed E-state index contributed by atoms with van der Waals surface area (Å²) >= 11 is 6.20. The molecule has 0 atom stereocenters. The second kappa shape index (κ2) is 6.75. The van der Waals surface area contributed by atoms with Gasteiger partial charge in [0.2, 0.25) is 5.95 Å². The van der Waals surface area contributed by atoms with Crippen LogP contribution in [-0.4, -0.2) is 36.1 Å². The molecule has 0 aliphatic carbocycles. The van der Waals surface area contributed by atoms with Gasteiger partial charge in [-0.15, -0.1) is 5.10 Å². The van der Waals surface area contributed by atoms with Crippen LogP contribution in [0.4, 0.5) is 11.6 Å². The minimum absolute atomic E-state index is 0.337. The lowest BCUT2D eigenvalue weighted by Gasteiger charge is -2.15. The van der Waals surface area contributed by atoms with Crippen LogP contribution >= 0.6 is 11.6 Å². The fourth-order valence-corrected chi connectivity index (χ4v) is 3.59. The van der Waals surface area contributed by atoms with Gasteiger partial charge in [0.25, 0.3) is 5.88 Å². The number of aromatic nitrogens is 6. The number of rotatable bonds is 3. The molecule has 9 heteroatoms. The van der Waals surface area contributed by atoms with Gasteiger partial charge < -0.3 is 10.1 Å². The number of nitrogens with one attached hydrogen (secondary N) is 1. The maximum atomic E-state index is 6.20. The molecular formula is C17H22ClN7O. The monoisotopic (exact) mass is 375 g/mol. The summed E-state index contributed by atoms with van der Waals surface area (Å²) in [5, 5.41) is 13.5. The SMILES string of the molecule is CCC(CC)n1nc2c(c1C)Nc1ncc3c(Cl)nn(c3n1)CCCO2. The number of ether oxygens (including phenoxy) is 1. The molecule has 0 fully saturated rings. The van der Waals surface area contributed by atoms with Crippen molar-refractivity contribution in [1.82, 2.24) is 29.5 Å². The first-order valence-corrected chi connectivity index (χ1v) is 9.38. The summed E-state index contributed by atoms with van der Waals surface area (Å²) in [6.45, 7) is 7.59. The van der Waals surface area contributed by atoms with Crippen LogP contribution in [0.1, 0.15) is 44.8 Å². The highest BCUT2D eigenvalue weighted by Gasteiger charge is 2.22. The fourth-order valence-electron chi connectivity index (χ4n) is 3.36. The van der Waals surface area contributed by atoms with Crippen LogP contribution in [-0.2, 0) is 6.54 Å². The Kier molecular flexibility index (Phi) is 4.44. The van der Waals surface area contributed by atoms with Gasteiger partial charge in [0, 0.05) is 19.2 Å². The molecule has 1 aliphatic heterocycles. The van der Waals surface area contributed by atoms with E-state index in [0.29, 0.717) is 36.2 Å². The van der Waals surface area contributed by atoms with Crippen LogP contribution in [0, 0.1) is 6.92 Å². The summed E-state index contributed by atoms with van der Waals surface area (Å²) in [6.07, 6.45) is 4.51. The largest absolute Gasteiger partial charge is 0.475 e. The average molecular weight is 376 g/mol. The van der Waals surface area contributed by atoms with E-state index in [0.717, 1.165) is 41.7 Å². The minimum Gasteiger partial charge on any atom is -0.475 e. The van der Waals surface area contributed by atoms with Gasteiger partial charge in [0.1, 0.15) is 5.69 Å². The zero-order valence-electron chi connectivity index (χ0n) is 15.2. The smallest absolute Gasteiger partial charge is 0.257 e. The molecule has 0 spiro atoms. The Balaban J connectivity index is 1.81. The molecule has 3 aromatic rings. The Morgan fingerprint density at radius 2 is 2.12 bits per heavy atom. The second-order valence-electron chi connectivity index (χ2n) is 6.45. The first kappa shape index (κ1) is 17.1. The quantitative estimate of drug-likeness (QED) is 0.748. The lowest BCUT2D eigenvalue weighted by atomic mass is 10.2. The first-order valence-electron chi connectivity index (χ1n) is 9.00. The maximum Gasteiger partial charge on any atom is 0.257 e. The van der Waals surface area contributed by atoms with Crippen molar-refractivity contribution in [2.45, 2.75) is 52.6 Å². The number of fused-ring (bicyclic) bond motifs is 2. The molecule has 0 radical (unpaired) electrons. The van der Waals surface area contributed by atoms with Gasteiger partial charge in [-0.25, -0.2) is 9.67 Å². The molecule has 4 heterocycles. The van der Waals surface area contributed by atoms with Crippen molar-refractivity contribution in [3.05, 3.63) is 17.0 Å². The van der Waals surface area contributed by atoms with Gasteiger partial charge in [-0.05, 0) is 19.8 Å². The molecule has 4 rings (SSSR count). The third kappa shape index (κ3) is 2.78. The number of anilines is 2. The van der Waals surface area contributed by atoms with Crippen molar-refractivity contribution in [3.63, 3.8) is 0 Å². The number of nitrogens with zero attached hydrogens (tertiary/aromatic N) is 6. The lowest BCUT2D eigenvalue weighted by Crippen LogP contribution is -2.11. The van der Waals surface area contributed by atoms with E-state index in [1.54, 1.807) is 10.9 Å². The minimum atomic E-state index is 0.337. The van der Waals surface area contributed by atoms with Crippen LogP contribution in [0.15, 0.2) is 6.20 Å². The Hall–Kier alpha value is -2.35. The molecule has 0 saturated heterocycles. The molecule has 138 valence electrons. The first-order chi connectivity index (χ1) is 12.6. The van der Waals surface area contributed by atoms with E-state index in [2.05, 4.69) is 34.2 Å². The van der Waals surface area contributed by atoms with Crippen LogP contribution < -0.4 is 10.1 Å². The van der Waals surface area contributed by atoms with E-state index >= 15 is 0 Å². The van der Waals surface area contributed by atoms with E-state index < -0.39 is 0 Å². The molecule has 26 heavy (non-hydrogen) atoms. The van der Waals surface area contributed by atoms with Gasteiger partial charge in [0.15, 0.2) is 10.8 Å². The number of halogens is 1. The standard InChI is InChI=1S/C17H22ClN7O/c1-4-11(5-2)25-10(3)13-16(23-25)26-8-6-7-24-15-12(14(18)22-24)9-19-17(20-13)21-15/h9,11H,4-8H2,1-3H3,(H,19,20,21). The predicted molar refractivity (Wildman–Crippen MR) is 100 cm³/mol. The number of hydrogen-bond donors (Lipinski definition) is 1. The molecule has 0 aromatic carbocycles. The van der Waals surface area contributed by atoms with Crippen LogP contribution in [0.25, 0.3) is 11.0 Å². The van der Waals surface area contributed by atoms with Gasteiger partial charge in [-0.2, -0.15) is 10.1 Å². The molecular weight excluding hydrogens is 354 g/mol. The molecule has 0 unspecified atom stereocenters. The van der Waals surface area contributed by atoms with E-state index in [-0.39, 0.29) is 0 Å². The number of aryl methyl sites for hydroxylation is 1. The van der Waals surface area contributed by atoms with Gasteiger partial charge in [0.05, 0.1) is 23.7 Å². The van der Waals surface area contributed by atoms with E-state index in [1.807, 2.05) is 11.6 Å². The Labute approximate surface area is 156 Å². The molecule has 1 aliphatic rings. The van der Waals surface area contributed by atoms with Gasteiger partial charge >= 0.3 is 0 Å². The Morgan fingerprint density at radius 1 is 1.31 bits per heavy atom.